The van der Waals surface area contributed by atoms with Crippen molar-refractivity contribution in [1.29, 1.82) is 0 Å². The highest BCUT2D eigenvalue weighted by Crippen LogP contribution is 2.29. The summed E-state index contributed by atoms with van der Waals surface area (Å²) in [5.41, 5.74) is 5.58. The smallest absolute Gasteiger partial charge is 0.225 e. The zero-order valence-electron chi connectivity index (χ0n) is 14.5. The van der Waals surface area contributed by atoms with Gasteiger partial charge in [-0.1, -0.05) is 0 Å². The lowest BCUT2D eigenvalue weighted by atomic mass is 9.94. The minimum atomic E-state index is 0.512. The Morgan fingerprint density at radius 2 is 1.71 bits per heavy atom. The Hall–Kier alpha value is -2.43. The topological polar surface area (TPSA) is 46.3 Å². The fourth-order valence-electron chi connectivity index (χ4n) is 3.66. The normalized spacial score (nSPS) is 16.0. The van der Waals surface area contributed by atoms with Gasteiger partial charge in [0.05, 0.1) is 16.9 Å². The van der Waals surface area contributed by atoms with E-state index in [2.05, 4.69) is 50.7 Å². The highest BCUT2D eigenvalue weighted by Gasteiger charge is 2.24. The van der Waals surface area contributed by atoms with Crippen LogP contribution in [0.5, 0.6) is 0 Å². The summed E-state index contributed by atoms with van der Waals surface area (Å²) in [4.78, 5) is 16.4. The Kier molecular flexibility index (Phi) is 3.71. The molecule has 0 atom stereocenters. The van der Waals surface area contributed by atoms with E-state index >= 15 is 0 Å². The van der Waals surface area contributed by atoms with E-state index in [9.17, 15) is 0 Å². The molecular formula is C19H23N5. The first-order valence-electron chi connectivity index (χ1n) is 8.61. The fourth-order valence-corrected chi connectivity index (χ4v) is 3.66. The minimum Gasteiger partial charge on any atom is -0.341 e. The summed E-state index contributed by atoms with van der Waals surface area (Å²) in [5.74, 6) is 1.38. The largest absolute Gasteiger partial charge is 0.341 e. The van der Waals surface area contributed by atoms with Gasteiger partial charge in [0.2, 0.25) is 5.95 Å². The molecule has 1 aliphatic rings. The Balaban J connectivity index is 1.52. The summed E-state index contributed by atoms with van der Waals surface area (Å²) < 4.78 is 2.19. The van der Waals surface area contributed by atoms with Crippen molar-refractivity contribution >= 4 is 11.5 Å². The number of aryl methyl sites for hydroxylation is 3. The molecule has 0 aliphatic carbocycles. The summed E-state index contributed by atoms with van der Waals surface area (Å²) in [6, 6.07) is 6.22. The van der Waals surface area contributed by atoms with E-state index in [4.69, 9.17) is 4.98 Å². The molecule has 1 saturated heterocycles. The first-order valence-corrected chi connectivity index (χ1v) is 8.61. The predicted octanol–water partition coefficient (Wildman–Crippen LogP) is 3.43. The maximum atomic E-state index is 4.85. The predicted molar refractivity (Wildman–Crippen MR) is 95.6 cm³/mol. The van der Waals surface area contributed by atoms with Crippen LogP contribution >= 0.6 is 0 Å². The first kappa shape index (κ1) is 15.1. The standard InChI is InChI=1S/C19H23N5/c1-13-11-14(2)21-19(20-13)23-9-6-16(7-10-23)17-12-24-8-4-5-18(24)15(3)22-17/h4-5,8,11-12,16H,6-7,9-10H2,1-3H3. The zero-order valence-corrected chi connectivity index (χ0v) is 14.5. The Labute approximate surface area is 142 Å². The lowest BCUT2D eigenvalue weighted by Gasteiger charge is -2.32. The SMILES string of the molecule is Cc1cc(C)nc(N2CCC(c3cn4cccc4c(C)n3)CC2)n1. The van der Waals surface area contributed by atoms with E-state index < -0.39 is 0 Å². The van der Waals surface area contributed by atoms with Crippen LogP contribution in [0.4, 0.5) is 5.95 Å². The van der Waals surface area contributed by atoms with Crippen LogP contribution in [0.1, 0.15) is 41.5 Å². The van der Waals surface area contributed by atoms with Gasteiger partial charge in [-0.05, 0) is 51.8 Å². The van der Waals surface area contributed by atoms with Crippen molar-refractivity contribution in [2.24, 2.45) is 0 Å². The van der Waals surface area contributed by atoms with Crippen molar-refractivity contribution in [2.45, 2.75) is 39.5 Å². The molecule has 0 N–H and O–H groups in total. The van der Waals surface area contributed by atoms with Gasteiger partial charge in [0.1, 0.15) is 0 Å². The van der Waals surface area contributed by atoms with Gasteiger partial charge in [-0.25, -0.2) is 9.97 Å². The quantitative estimate of drug-likeness (QED) is 0.725. The molecule has 4 heterocycles. The number of hydrogen-bond acceptors (Lipinski definition) is 4. The Morgan fingerprint density at radius 1 is 1.00 bits per heavy atom. The van der Waals surface area contributed by atoms with Crippen LogP contribution in [0, 0.1) is 20.8 Å². The third-order valence-electron chi connectivity index (χ3n) is 4.88. The number of aromatic nitrogens is 4. The summed E-state index contributed by atoms with van der Waals surface area (Å²) in [6.45, 7) is 8.13. The lowest BCUT2D eigenvalue weighted by molar-refractivity contribution is 0.488. The van der Waals surface area contributed by atoms with Gasteiger partial charge in [-0.2, -0.15) is 0 Å². The molecule has 1 fully saturated rings. The molecule has 0 spiro atoms. The zero-order chi connectivity index (χ0) is 16.7. The second-order valence-electron chi connectivity index (χ2n) is 6.76. The van der Waals surface area contributed by atoms with E-state index in [1.807, 2.05) is 19.9 Å². The van der Waals surface area contributed by atoms with E-state index in [-0.39, 0.29) is 0 Å². The van der Waals surface area contributed by atoms with E-state index in [0.29, 0.717) is 5.92 Å². The van der Waals surface area contributed by atoms with Crippen molar-refractivity contribution in [3.05, 3.63) is 53.4 Å². The molecule has 3 aromatic heterocycles. The molecule has 0 radical (unpaired) electrons. The molecule has 3 aromatic rings. The Morgan fingerprint density at radius 3 is 2.42 bits per heavy atom. The minimum absolute atomic E-state index is 0.512. The highest BCUT2D eigenvalue weighted by molar-refractivity contribution is 5.52. The van der Waals surface area contributed by atoms with Gasteiger partial charge in [0, 0.05) is 42.8 Å². The highest BCUT2D eigenvalue weighted by atomic mass is 15.3. The maximum absolute atomic E-state index is 4.85. The van der Waals surface area contributed by atoms with Crippen molar-refractivity contribution in [1.82, 2.24) is 19.4 Å². The third-order valence-corrected chi connectivity index (χ3v) is 4.88. The average molecular weight is 321 g/mol. The van der Waals surface area contributed by atoms with Gasteiger partial charge in [-0.3, -0.25) is 4.98 Å². The fraction of sp³-hybridized carbons (Fsp3) is 0.421. The van der Waals surface area contributed by atoms with Crippen LogP contribution in [0.2, 0.25) is 0 Å². The van der Waals surface area contributed by atoms with E-state index in [0.717, 1.165) is 49.0 Å². The van der Waals surface area contributed by atoms with Crippen molar-refractivity contribution in [2.75, 3.05) is 18.0 Å². The monoisotopic (exact) mass is 321 g/mol. The number of rotatable bonds is 2. The van der Waals surface area contributed by atoms with Crippen LogP contribution in [-0.4, -0.2) is 32.4 Å². The number of fused-ring (bicyclic) bond motifs is 1. The second kappa shape index (κ2) is 5.89. The van der Waals surface area contributed by atoms with Gasteiger partial charge >= 0.3 is 0 Å². The molecule has 0 aromatic carbocycles. The Bertz CT molecular complexity index is 854. The number of hydrogen-bond donors (Lipinski definition) is 0. The van der Waals surface area contributed by atoms with E-state index in [1.165, 1.54) is 11.2 Å². The maximum Gasteiger partial charge on any atom is 0.225 e. The third kappa shape index (κ3) is 2.75. The molecule has 0 unspecified atom stereocenters. The van der Waals surface area contributed by atoms with Crippen molar-refractivity contribution < 1.29 is 0 Å². The first-order chi connectivity index (χ1) is 11.6. The van der Waals surface area contributed by atoms with Gasteiger partial charge in [0.25, 0.3) is 0 Å². The molecule has 5 heteroatoms. The van der Waals surface area contributed by atoms with Crippen LogP contribution in [0.15, 0.2) is 30.6 Å². The molecule has 4 rings (SSSR count). The lowest BCUT2D eigenvalue weighted by Crippen LogP contribution is -2.34. The molecule has 0 amide bonds. The summed E-state index contributed by atoms with van der Waals surface area (Å²) in [5, 5.41) is 0. The summed E-state index contributed by atoms with van der Waals surface area (Å²) in [6.07, 6.45) is 6.48. The average Bonchev–Trinajstić information content (AvgIpc) is 3.03. The van der Waals surface area contributed by atoms with Gasteiger partial charge < -0.3 is 9.30 Å². The van der Waals surface area contributed by atoms with Gasteiger partial charge in [0.15, 0.2) is 0 Å². The van der Waals surface area contributed by atoms with Gasteiger partial charge in [-0.15, -0.1) is 0 Å². The van der Waals surface area contributed by atoms with Crippen LogP contribution in [0.25, 0.3) is 5.52 Å². The van der Waals surface area contributed by atoms with Crippen LogP contribution in [-0.2, 0) is 0 Å². The van der Waals surface area contributed by atoms with Crippen molar-refractivity contribution in [3.8, 4) is 0 Å². The molecule has 0 saturated carbocycles. The number of piperidine rings is 1. The molecule has 124 valence electrons. The van der Waals surface area contributed by atoms with E-state index in [1.54, 1.807) is 0 Å². The molecule has 1 aliphatic heterocycles. The molecule has 0 bridgehead atoms. The molecule has 24 heavy (non-hydrogen) atoms. The second-order valence-corrected chi connectivity index (χ2v) is 6.76. The summed E-state index contributed by atoms with van der Waals surface area (Å²) in [7, 11) is 0. The van der Waals surface area contributed by atoms with Crippen LogP contribution in [0.3, 0.4) is 0 Å². The number of anilines is 1. The molecular weight excluding hydrogens is 298 g/mol. The van der Waals surface area contributed by atoms with Crippen molar-refractivity contribution in [3.63, 3.8) is 0 Å². The van der Waals surface area contributed by atoms with Crippen LogP contribution < -0.4 is 4.90 Å². The summed E-state index contributed by atoms with van der Waals surface area (Å²) >= 11 is 0. The molecule has 5 nitrogen and oxygen atoms in total. The number of nitrogens with zero attached hydrogens (tertiary/aromatic N) is 5.